The van der Waals surface area contributed by atoms with E-state index in [1.54, 1.807) is 6.92 Å². The van der Waals surface area contributed by atoms with Gasteiger partial charge in [0.15, 0.2) is 5.78 Å². The van der Waals surface area contributed by atoms with Crippen LogP contribution in [0.3, 0.4) is 0 Å². The molecule has 154 valence electrons. The highest BCUT2D eigenvalue weighted by Crippen LogP contribution is 2.16. The Kier molecular flexibility index (Phi) is 14.0. The summed E-state index contributed by atoms with van der Waals surface area (Å²) in [6.45, 7) is 4.14. The van der Waals surface area contributed by atoms with Crippen molar-refractivity contribution in [2.45, 2.75) is 103 Å². The summed E-state index contributed by atoms with van der Waals surface area (Å²) in [5, 5.41) is 9.70. The monoisotopic (exact) mass is 376 g/mol. The van der Waals surface area contributed by atoms with E-state index in [4.69, 9.17) is 4.74 Å². The molecule has 0 aliphatic carbocycles. The lowest BCUT2D eigenvalue weighted by atomic mass is 10.0. The maximum atomic E-state index is 12.2. The minimum Gasteiger partial charge on any atom is -0.393 e. The molecule has 0 spiro atoms. The predicted molar refractivity (Wildman–Crippen MR) is 113 cm³/mol. The zero-order valence-corrected chi connectivity index (χ0v) is 17.5. The van der Waals surface area contributed by atoms with Crippen molar-refractivity contribution in [1.29, 1.82) is 0 Å². The van der Waals surface area contributed by atoms with Gasteiger partial charge in [-0.3, -0.25) is 4.79 Å². The summed E-state index contributed by atoms with van der Waals surface area (Å²) in [6.07, 6.45) is 14.2. The van der Waals surface area contributed by atoms with Crippen LogP contribution in [0.25, 0.3) is 0 Å². The summed E-state index contributed by atoms with van der Waals surface area (Å²) in [5.41, 5.74) is 0.687. The molecule has 0 aliphatic heterocycles. The molecule has 3 nitrogen and oxygen atoms in total. The van der Waals surface area contributed by atoms with Crippen LogP contribution in [-0.4, -0.2) is 29.7 Å². The van der Waals surface area contributed by atoms with Crippen molar-refractivity contribution in [3.63, 3.8) is 0 Å². The number of benzene rings is 1. The quantitative estimate of drug-likeness (QED) is 0.255. The van der Waals surface area contributed by atoms with Gasteiger partial charge in [-0.1, -0.05) is 101 Å². The fourth-order valence-electron chi connectivity index (χ4n) is 3.41. The van der Waals surface area contributed by atoms with Crippen molar-refractivity contribution in [2.75, 3.05) is 6.61 Å². The van der Waals surface area contributed by atoms with Crippen LogP contribution >= 0.6 is 0 Å². The molecule has 0 aromatic heterocycles. The third kappa shape index (κ3) is 12.8. The normalized spacial score (nSPS) is 13.4. The van der Waals surface area contributed by atoms with E-state index in [0.717, 1.165) is 12.8 Å². The first-order valence-electron chi connectivity index (χ1n) is 11.0. The first-order chi connectivity index (χ1) is 13.1. The minimum absolute atomic E-state index is 0.00858. The van der Waals surface area contributed by atoms with Gasteiger partial charge >= 0.3 is 0 Å². The van der Waals surface area contributed by atoms with E-state index in [2.05, 4.69) is 6.92 Å². The highest BCUT2D eigenvalue weighted by molar-refractivity contribution is 5.96. The zero-order valence-electron chi connectivity index (χ0n) is 17.5. The summed E-state index contributed by atoms with van der Waals surface area (Å²) < 4.78 is 5.84. The molecule has 0 aliphatic rings. The lowest BCUT2D eigenvalue weighted by Gasteiger charge is -2.19. The number of carbonyl (C=O) groups is 1. The summed E-state index contributed by atoms with van der Waals surface area (Å²) in [6, 6.07) is 9.27. The van der Waals surface area contributed by atoms with Crippen molar-refractivity contribution >= 4 is 5.78 Å². The highest BCUT2D eigenvalue weighted by Gasteiger charge is 2.15. The van der Waals surface area contributed by atoms with Crippen LogP contribution in [0.4, 0.5) is 0 Å². The first-order valence-corrected chi connectivity index (χ1v) is 11.0. The molecular weight excluding hydrogens is 336 g/mol. The Labute approximate surface area is 166 Å². The Balaban J connectivity index is 2.16. The van der Waals surface area contributed by atoms with Gasteiger partial charge in [0.05, 0.1) is 12.2 Å². The van der Waals surface area contributed by atoms with Crippen LogP contribution in [-0.2, 0) is 4.74 Å². The number of ketones is 1. The third-order valence-electron chi connectivity index (χ3n) is 5.03. The van der Waals surface area contributed by atoms with E-state index in [1.807, 2.05) is 30.3 Å². The van der Waals surface area contributed by atoms with Gasteiger partial charge in [-0.2, -0.15) is 0 Å². The van der Waals surface area contributed by atoms with Gasteiger partial charge in [-0.05, 0) is 19.8 Å². The van der Waals surface area contributed by atoms with E-state index in [1.165, 1.54) is 57.8 Å². The lowest BCUT2D eigenvalue weighted by molar-refractivity contribution is 0.0146. The Morgan fingerprint density at radius 2 is 1.48 bits per heavy atom. The number of unbranched alkanes of at least 4 members (excludes halogenated alkanes) is 9. The third-order valence-corrected chi connectivity index (χ3v) is 5.03. The average molecular weight is 377 g/mol. The van der Waals surface area contributed by atoms with Crippen molar-refractivity contribution in [1.82, 2.24) is 0 Å². The van der Waals surface area contributed by atoms with E-state index in [0.29, 0.717) is 12.0 Å². The molecule has 0 heterocycles. The molecular formula is C24H40O3. The highest BCUT2D eigenvalue weighted by atomic mass is 16.5. The van der Waals surface area contributed by atoms with Crippen molar-refractivity contribution in [3.05, 3.63) is 35.9 Å². The van der Waals surface area contributed by atoms with Crippen LogP contribution in [0.1, 0.15) is 101 Å². The fourth-order valence-corrected chi connectivity index (χ4v) is 3.41. The van der Waals surface area contributed by atoms with E-state index < -0.39 is 6.10 Å². The smallest absolute Gasteiger partial charge is 0.188 e. The molecule has 0 amide bonds. The van der Waals surface area contributed by atoms with Gasteiger partial charge in [0, 0.05) is 5.56 Å². The maximum absolute atomic E-state index is 12.2. The Bertz CT molecular complexity index is 470. The lowest BCUT2D eigenvalue weighted by Crippen LogP contribution is -2.22. The van der Waals surface area contributed by atoms with E-state index >= 15 is 0 Å². The summed E-state index contributed by atoms with van der Waals surface area (Å²) in [5.74, 6) is 0.00858. The second-order valence-electron chi connectivity index (χ2n) is 7.78. The fraction of sp³-hybridized carbons (Fsp3) is 0.708. The van der Waals surface area contributed by atoms with Gasteiger partial charge in [-0.15, -0.1) is 0 Å². The second-order valence-corrected chi connectivity index (χ2v) is 7.78. The van der Waals surface area contributed by atoms with Crippen LogP contribution in [0, 0.1) is 0 Å². The number of ether oxygens (including phenoxy) is 1. The van der Waals surface area contributed by atoms with Gasteiger partial charge in [0.2, 0.25) is 0 Å². The van der Waals surface area contributed by atoms with Gasteiger partial charge in [-0.25, -0.2) is 0 Å². The van der Waals surface area contributed by atoms with Crippen molar-refractivity contribution in [2.24, 2.45) is 0 Å². The van der Waals surface area contributed by atoms with Gasteiger partial charge in [0.1, 0.15) is 6.61 Å². The number of aliphatic hydroxyl groups excluding tert-OH is 1. The van der Waals surface area contributed by atoms with Gasteiger partial charge in [0.25, 0.3) is 0 Å². The molecule has 1 aromatic rings. The van der Waals surface area contributed by atoms with Crippen molar-refractivity contribution < 1.29 is 14.6 Å². The van der Waals surface area contributed by atoms with Gasteiger partial charge < -0.3 is 9.84 Å². The molecule has 3 heteroatoms. The molecule has 0 radical (unpaired) electrons. The minimum atomic E-state index is -0.398. The predicted octanol–water partition coefficient (Wildman–Crippen LogP) is 6.34. The van der Waals surface area contributed by atoms with E-state index in [-0.39, 0.29) is 18.5 Å². The number of rotatable bonds is 17. The van der Waals surface area contributed by atoms with E-state index in [9.17, 15) is 9.90 Å². The number of aliphatic hydroxyl groups is 1. The SMILES string of the molecule is CCCCCCCCCCCCC(CC(C)O)OCC(=O)c1ccccc1. The summed E-state index contributed by atoms with van der Waals surface area (Å²) >= 11 is 0. The average Bonchev–Trinajstić information content (AvgIpc) is 2.67. The number of carbonyl (C=O) groups excluding carboxylic acids is 1. The molecule has 0 bridgehead atoms. The largest absolute Gasteiger partial charge is 0.393 e. The molecule has 0 saturated heterocycles. The van der Waals surface area contributed by atoms with Crippen LogP contribution in [0.2, 0.25) is 0 Å². The number of hydrogen-bond acceptors (Lipinski definition) is 3. The van der Waals surface area contributed by atoms with Crippen LogP contribution in [0.5, 0.6) is 0 Å². The molecule has 2 unspecified atom stereocenters. The van der Waals surface area contributed by atoms with Crippen LogP contribution < -0.4 is 0 Å². The molecule has 2 atom stereocenters. The molecule has 1 aromatic carbocycles. The molecule has 27 heavy (non-hydrogen) atoms. The van der Waals surface area contributed by atoms with Crippen molar-refractivity contribution in [3.8, 4) is 0 Å². The first kappa shape index (κ1) is 23.8. The number of Topliss-reactive ketones (excluding diaryl/α,β-unsaturated/α-hetero) is 1. The summed E-state index contributed by atoms with van der Waals surface area (Å²) in [7, 11) is 0. The molecule has 0 saturated carbocycles. The molecule has 0 fully saturated rings. The maximum Gasteiger partial charge on any atom is 0.188 e. The second kappa shape index (κ2) is 15.8. The zero-order chi connectivity index (χ0) is 19.7. The standard InChI is InChI=1S/C24H40O3/c1-3-4-5-6-7-8-9-10-11-15-18-23(19-21(2)25)27-20-24(26)22-16-13-12-14-17-22/h12-14,16-17,21,23,25H,3-11,15,18-20H2,1-2H3. The molecule has 1 N–H and O–H groups in total. The number of hydrogen-bond donors (Lipinski definition) is 1. The Hall–Kier alpha value is -1.19. The Morgan fingerprint density at radius 3 is 2.04 bits per heavy atom. The summed E-state index contributed by atoms with van der Waals surface area (Å²) in [4.78, 5) is 12.2. The Morgan fingerprint density at radius 1 is 0.926 bits per heavy atom. The topological polar surface area (TPSA) is 46.5 Å². The molecule has 1 rings (SSSR count). The van der Waals surface area contributed by atoms with Crippen LogP contribution in [0.15, 0.2) is 30.3 Å².